The predicted octanol–water partition coefficient (Wildman–Crippen LogP) is 4.06. The zero-order chi connectivity index (χ0) is 14.1. The molecule has 2 heterocycles. The van der Waals surface area contributed by atoms with Crippen molar-refractivity contribution >= 4 is 21.7 Å². The number of furan rings is 1. The van der Waals surface area contributed by atoms with Crippen molar-refractivity contribution in [2.24, 2.45) is 0 Å². The molecule has 0 saturated heterocycles. The first-order valence-corrected chi connectivity index (χ1v) is 6.89. The Morgan fingerprint density at radius 3 is 2.50 bits per heavy atom. The van der Waals surface area contributed by atoms with Gasteiger partial charge in [-0.25, -0.2) is 9.97 Å². The third-order valence-electron chi connectivity index (χ3n) is 3.02. The Labute approximate surface area is 124 Å². The summed E-state index contributed by atoms with van der Waals surface area (Å²) in [4.78, 5) is 8.93. The van der Waals surface area contributed by atoms with Crippen LogP contribution in [0.2, 0.25) is 0 Å². The molecule has 0 amide bonds. The van der Waals surface area contributed by atoms with E-state index in [2.05, 4.69) is 25.9 Å². The first kappa shape index (κ1) is 12.9. The SMILES string of the molecule is Cc1occc1-c1nc(N)c(Br)c(-c2ccccc2)n1. The molecular formula is C15H12BrN3O. The van der Waals surface area contributed by atoms with Crippen LogP contribution in [0.15, 0.2) is 51.6 Å². The second-order valence-electron chi connectivity index (χ2n) is 4.35. The number of aryl methyl sites for hydroxylation is 1. The van der Waals surface area contributed by atoms with E-state index in [1.54, 1.807) is 6.26 Å². The van der Waals surface area contributed by atoms with Gasteiger partial charge in [-0.3, -0.25) is 0 Å². The van der Waals surface area contributed by atoms with Crippen LogP contribution in [0, 0.1) is 6.92 Å². The first-order chi connectivity index (χ1) is 9.66. The van der Waals surface area contributed by atoms with Crippen LogP contribution in [0.1, 0.15) is 5.76 Å². The Bertz CT molecular complexity index is 753. The summed E-state index contributed by atoms with van der Waals surface area (Å²) in [5.74, 6) is 1.75. The molecule has 2 aromatic heterocycles. The van der Waals surface area contributed by atoms with Crippen LogP contribution >= 0.6 is 15.9 Å². The summed E-state index contributed by atoms with van der Waals surface area (Å²) in [6.07, 6.45) is 1.62. The first-order valence-electron chi connectivity index (χ1n) is 6.09. The summed E-state index contributed by atoms with van der Waals surface area (Å²) >= 11 is 3.46. The summed E-state index contributed by atoms with van der Waals surface area (Å²) < 4.78 is 6.00. The molecule has 5 heteroatoms. The third-order valence-corrected chi connectivity index (χ3v) is 3.81. The second-order valence-corrected chi connectivity index (χ2v) is 5.14. The van der Waals surface area contributed by atoms with Gasteiger partial charge in [-0.1, -0.05) is 30.3 Å². The van der Waals surface area contributed by atoms with Gasteiger partial charge < -0.3 is 10.2 Å². The number of nitrogen functional groups attached to an aromatic ring is 1. The zero-order valence-electron chi connectivity index (χ0n) is 10.8. The minimum atomic E-state index is 0.412. The Morgan fingerprint density at radius 2 is 1.85 bits per heavy atom. The molecule has 3 rings (SSSR count). The molecule has 100 valence electrons. The molecule has 2 N–H and O–H groups in total. The molecule has 0 aliphatic heterocycles. The van der Waals surface area contributed by atoms with Gasteiger partial charge in [0.25, 0.3) is 0 Å². The van der Waals surface area contributed by atoms with Crippen LogP contribution in [0.25, 0.3) is 22.6 Å². The van der Waals surface area contributed by atoms with Crippen LogP contribution in [0.4, 0.5) is 5.82 Å². The number of rotatable bonds is 2. The van der Waals surface area contributed by atoms with Crippen molar-refractivity contribution in [2.75, 3.05) is 5.73 Å². The number of aromatic nitrogens is 2. The highest BCUT2D eigenvalue weighted by Gasteiger charge is 2.15. The lowest BCUT2D eigenvalue weighted by Gasteiger charge is -2.08. The van der Waals surface area contributed by atoms with Crippen LogP contribution in [-0.4, -0.2) is 9.97 Å². The maximum atomic E-state index is 5.99. The van der Waals surface area contributed by atoms with Gasteiger partial charge in [0.2, 0.25) is 0 Å². The maximum Gasteiger partial charge on any atom is 0.165 e. The molecule has 0 bridgehead atoms. The van der Waals surface area contributed by atoms with E-state index in [4.69, 9.17) is 10.2 Å². The Balaban J connectivity index is 2.21. The van der Waals surface area contributed by atoms with Gasteiger partial charge in [-0.15, -0.1) is 0 Å². The molecule has 0 spiro atoms. The molecule has 0 unspecified atom stereocenters. The largest absolute Gasteiger partial charge is 0.469 e. The van der Waals surface area contributed by atoms with Gasteiger partial charge in [-0.05, 0) is 28.9 Å². The molecular weight excluding hydrogens is 318 g/mol. The number of hydrogen-bond donors (Lipinski definition) is 1. The lowest BCUT2D eigenvalue weighted by atomic mass is 10.1. The molecule has 3 aromatic rings. The second kappa shape index (κ2) is 5.09. The summed E-state index contributed by atoms with van der Waals surface area (Å²) in [7, 11) is 0. The van der Waals surface area contributed by atoms with E-state index in [9.17, 15) is 0 Å². The normalized spacial score (nSPS) is 10.7. The fraction of sp³-hybridized carbons (Fsp3) is 0.0667. The van der Waals surface area contributed by atoms with Gasteiger partial charge >= 0.3 is 0 Å². The van der Waals surface area contributed by atoms with E-state index < -0.39 is 0 Å². The lowest BCUT2D eigenvalue weighted by Crippen LogP contribution is -2.00. The quantitative estimate of drug-likeness (QED) is 0.770. The number of nitrogens with zero attached hydrogens (tertiary/aromatic N) is 2. The van der Waals surface area contributed by atoms with Crippen molar-refractivity contribution in [3.8, 4) is 22.6 Å². The average molecular weight is 330 g/mol. The van der Waals surface area contributed by atoms with Crippen molar-refractivity contribution in [3.05, 3.63) is 52.9 Å². The number of nitrogens with two attached hydrogens (primary N) is 1. The van der Waals surface area contributed by atoms with Crippen molar-refractivity contribution < 1.29 is 4.42 Å². The fourth-order valence-corrected chi connectivity index (χ4v) is 2.40. The monoisotopic (exact) mass is 329 g/mol. The maximum absolute atomic E-state index is 5.99. The summed E-state index contributed by atoms with van der Waals surface area (Å²) in [5.41, 5.74) is 8.59. The highest BCUT2D eigenvalue weighted by atomic mass is 79.9. The van der Waals surface area contributed by atoms with E-state index in [0.717, 1.165) is 22.6 Å². The van der Waals surface area contributed by atoms with E-state index in [1.807, 2.05) is 43.3 Å². The van der Waals surface area contributed by atoms with Gasteiger partial charge in [0.1, 0.15) is 11.6 Å². The number of anilines is 1. The fourth-order valence-electron chi connectivity index (χ4n) is 1.99. The summed E-state index contributed by atoms with van der Waals surface area (Å²) in [5, 5.41) is 0. The Kier molecular flexibility index (Phi) is 3.28. The Hall–Kier alpha value is -2.14. The smallest absolute Gasteiger partial charge is 0.165 e. The van der Waals surface area contributed by atoms with E-state index >= 15 is 0 Å². The molecule has 0 atom stereocenters. The van der Waals surface area contributed by atoms with Crippen molar-refractivity contribution in [1.29, 1.82) is 0 Å². The molecule has 0 aliphatic rings. The number of halogens is 1. The van der Waals surface area contributed by atoms with E-state index in [0.29, 0.717) is 16.1 Å². The molecule has 4 nitrogen and oxygen atoms in total. The minimum Gasteiger partial charge on any atom is -0.469 e. The highest BCUT2D eigenvalue weighted by molar-refractivity contribution is 9.10. The molecule has 0 radical (unpaired) electrons. The topological polar surface area (TPSA) is 64.9 Å². The van der Waals surface area contributed by atoms with Crippen molar-refractivity contribution in [2.45, 2.75) is 6.92 Å². The standard InChI is InChI=1S/C15H12BrN3O/c1-9-11(7-8-20-9)15-18-13(12(16)14(17)19-15)10-5-3-2-4-6-10/h2-8H,1H3,(H2,17,18,19). The minimum absolute atomic E-state index is 0.412. The summed E-state index contributed by atoms with van der Waals surface area (Å²) in [6, 6.07) is 11.7. The zero-order valence-corrected chi connectivity index (χ0v) is 12.4. The third kappa shape index (κ3) is 2.20. The molecule has 0 fully saturated rings. The molecule has 0 saturated carbocycles. The molecule has 1 aromatic carbocycles. The molecule has 0 aliphatic carbocycles. The van der Waals surface area contributed by atoms with Gasteiger partial charge in [-0.2, -0.15) is 0 Å². The van der Waals surface area contributed by atoms with Crippen LogP contribution < -0.4 is 5.73 Å². The number of hydrogen-bond acceptors (Lipinski definition) is 4. The lowest BCUT2D eigenvalue weighted by molar-refractivity contribution is 0.535. The van der Waals surface area contributed by atoms with Gasteiger partial charge in [0, 0.05) is 5.56 Å². The highest BCUT2D eigenvalue weighted by Crippen LogP contribution is 2.33. The van der Waals surface area contributed by atoms with Crippen molar-refractivity contribution in [3.63, 3.8) is 0 Å². The van der Waals surface area contributed by atoms with E-state index in [1.165, 1.54) is 0 Å². The van der Waals surface area contributed by atoms with Gasteiger partial charge in [0.05, 0.1) is 22.0 Å². The summed E-state index contributed by atoms with van der Waals surface area (Å²) in [6.45, 7) is 1.87. The van der Waals surface area contributed by atoms with Crippen LogP contribution in [0.3, 0.4) is 0 Å². The van der Waals surface area contributed by atoms with E-state index in [-0.39, 0.29) is 0 Å². The van der Waals surface area contributed by atoms with Gasteiger partial charge in [0.15, 0.2) is 5.82 Å². The molecule has 20 heavy (non-hydrogen) atoms. The van der Waals surface area contributed by atoms with Crippen molar-refractivity contribution in [1.82, 2.24) is 9.97 Å². The van der Waals surface area contributed by atoms with Crippen LogP contribution in [-0.2, 0) is 0 Å². The average Bonchev–Trinajstić information content (AvgIpc) is 2.89. The Morgan fingerprint density at radius 1 is 1.10 bits per heavy atom. The predicted molar refractivity (Wildman–Crippen MR) is 82.0 cm³/mol. The van der Waals surface area contributed by atoms with Crippen LogP contribution in [0.5, 0.6) is 0 Å². The number of benzene rings is 1.